The Labute approximate surface area is 158 Å². The number of hydrogen-bond acceptors (Lipinski definition) is 3. The molecule has 0 saturated carbocycles. The summed E-state index contributed by atoms with van der Waals surface area (Å²) in [5, 5.41) is 13.0. The average Bonchev–Trinajstić information content (AvgIpc) is 3.01. The summed E-state index contributed by atoms with van der Waals surface area (Å²) in [5.74, 6) is 0.232. The Bertz CT molecular complexity index is 857. The van der Waals surface area contributed by atoms with E-state index in [1.54, 1.807) is 24.3 Å². The summed E-state index contributed by atoms with van der Waals surface area (Å²) in [6.45, 7) is 3.86. The molecule has 1 N–H and O–H groups in total. The van der Waals surface area contributed by atoms with Crippen LogP contribution in [0.5, 0.6) is 5.75 Å². The summed E-state index contributed by atoms with van der Waals surface area (Å²) in [7, 11) is 0. The standard InChI is InChI=1S/C21H21ClN2O2/c1-13(2)20(26-19-6-4-3-5-15(19)12-23)21(25)24-18-10-7-14-11-16(22)8-9-17(14)18/h3-6,8-9,11,13,18,20H,7,10H2,1-2H3,(H,24,25). The first-order chi connectivity index (χ1) is 12.5. The fourth-order valence-electron chi connectivity index (χ4n) is 3.28. The van der Waals surface area contributed by atoms with Gasteiger partial charge in [-0.1, -0.05) is 43.6 Å². The fourth-order valence-corrected chi connectivity index (χ4v) is 3.48. The van der Waals surface area contributed by atoms with Crippen molar-refractivity contribution in [1.82, 2.24) is 5.32 Å². The van der Waals surface area contributed by atoms with Gasteiger partial charge in [0, 0.05) is 5.02 Å². The zero-order valence-corrected chi connectivity index (χ0v) is 15.6. The van der Waals surface area contributed by atoms with Crippen LogP contribution in [0.15, 0.2) is 42.5 Å². The van der Waals surface area contributed by atoms with Crippen LogP contribution in [-0.2, 0) is 11.2 Å². The van der Waals surface area contributed by atoms with Gasteiger partial charge in [-0.2, -0.15) is 5.26 Å². The highest BCUT2D eigenvalue weighted by atomic mass is 35.5. The molecular weight excluding hydrogens is 348 g/mol. The van der Waals surface area contributed by atoms with E-state index in [0.717, 1.165) is 18.4 Å². The molecule has 0 aliphatic heterocycles. The van der Waals surface area contributed by atoms with Crippen LogP contribution in [0.4, 0.5) is 0 Å². The van der Waals surface area contributed by atoms with E-state index in [4.69, 9.17) is 16.3 Å². The van der Waals surface area contributed by atoms with Crippen molar-refractivity contribution >= 4 is 17.5 Å². The highest BCUT2D eigenvalue weighted by Crippen LogP contribution is 2.33. The summed E-state index contributed by atoms with van der Waals surface area (Å²) >= 11 is 6.05. The molecule has 2 unspecified atom stereocenters. The molecule has 1 amide bonds. The molecule has 1 aliphatic rings. The maximum Gasteiger partial charge on any atom is 0.261 e. The highest BCUT2D eigenvalue weighted by Gasteiger charge is 2.30. The number of nitrogens with one attached hydrogen (secondary N) is 1. The molecule has 1 aliphatic carbocycles. The first-order valence-corrected chi connectivity index (χ1v) is 9.12. The molecule has 0 saturated heterocycles. The first-order valence-electron chi connectivity index (χ1n) is 8.74. The van der Waals surface area contributed by atoms with Crippen molar-refractivity contribution in [3.63, 3.8) is 0 Å². The molecule has 2 aromatic rings. The van der Waals surface area contributed by atoms with Gasteiger partial charge in [-0.25, -0.2) is 0 Å². The molecule has 2 aromatic carbocycles. The largest absolute Gasteiger partial charge is 0.479 e. The Hall–Kier alpha value is -2.51. The van der Waals surface area contributed by atoms with E-state index in [2.05, 4.69) is 11.4 Å². The van der Waals surface area contributed by atoms with Gasteiger partial charge in [-0.05, 0) is 54.2 Å². The molecule has 2 atom stereocenters. The first kappa shape index (κ1) is 18.3. The summed E-state index contributed by atoms with van der Waals surface area (Å²) in [6.07, 6.45) is 1.08. The number of ether oxygens (including phenoxy) is 1. The van der Waals surface area contributed by atoms with E-state index in [9.17, 15) is 10.1 Å². The highest BCUT2D eigenvalue weighted by molar-refractivity contribution is 6.30. The van der Waals surface area contributed by atoms with Crippen LogP contribution in [0.25, 0.3) is 0 Å². The number of rotatable bonds is 5. The van der Waals surface area contributed by atoms with Crippen LogP contribution in [0, 0.1) is 17.2 Å². The van der Waals surface area contributed by atoms with Gasteiger partial charge >= 0.3 is 0 Å². The SMILES string of the molecule is CC(C)C(Oc1ccccc1C#N)C(=O)NC1CCc2cc(Cl)ccc21. The summed E-state index contributed by atoms with van der Waals surface area (Å²) in [5.41, 5.74) is 2.72. The lowest BCUT2D eigenvalue weighted by atomic mass is 10.0. The van der Waals surface area contributed by atoms with Crippen LogP contribution < -0.4 is 10.1 Å². The number of aryl methyl sites for hydroxylation is 1. The Morgan fingerprint density at radius 2 is 2.08 bits per heavy atom. The van der Waals surface area contributed by atoms with E-state index in [1.807, 2.05) is 32.0 Å². The molecule has 5 heteroatoms. The van der Waals surface area contributed by atoms with Crippen LogP contribution in [0.1, 0.15) is 43.0 Å². The lowest BCUT2D eigenvalue weighted by Gasteiger charge is -2.24. The predicted octanol–water partition coefficient (Wildman–Crippen LogP) is 4.42. The number of amides is 1. The number of nitriles is 1. The average molecular weight is 369 g/mol. The third kappa shape index (κ3) is 3.84. The summed E-state index contributed by atoms with van der Waals surface area (Å²) in [6, 6.07) is 14.8. The maximum absolute atomic E-state index is 12.9. The van der Waals surface area contributed by atoms with Crippen molar-refractivity contribution in [3.8, 4) is 11.8 Å². The second kappa shape index (κ2) is 7.80. The molecule has 0 heterocycles. The van der Waals surface area contributed by atoms with E-state index in [-0.39, 0.29) is 17.9 Å². The van der Waals surface area contributed by atoms with Crippen LogP contribution >= 0.6 is 11.6 Å². The third-order valence-corrected chi connectivity index (χ3v) is 4.86. The molecule has 3 rings (SSSR count). The molecule has 0 bridgehead atoms. The number of halogens is 1. The minimum atomic E-state index is -0.666. The van der Waals surface area contributed by atoms with Crippen molar-refractivity contribution in [3.05, 3.63) is 64.2 Å². The van der Waals surface area contributed by atoms with Gasteiger partial charge in [0.2, 0.25) is 0 Å². The number of benzene rings is 2. The van der Waals surface area contributed by atoms with Crippen molar-refractivity contribution in [2.45, 2.75) is 38.8 Å². The van der Waals surface area contributed by atoms with Crippen LogP contribution in [-0.4, -0.2) is 12.0 Å². The molecule has 4 nitrogen and oxygen atoms in total. The molecule has 0 fully saturated rings. The lowest BCUT2D eigenvalue weighted by Crippen LogP contribution is -2.43. The van der Waals surface area contributed by atoms with E-state index < -0.39 is 6.10 Å². The Morgan fingerprint density at radius 3 is 2.81 bits per heavy atom. The minimum Gasteiger partial charge on any atom is -0.479 e. The number of carbonyl (C=O) groups excluding carboxylic acids is 1. The Morgan fingerprint density at radius 1 is 1.31 bits per heavy atom. The van der Waals surface area contributed by atoms with Gasteiger partial charge in [0.05, 0.1) is 11.6 Å². The van der Waals surface area contributed by atoms with E-state index in [1.165, 1.54) is 5.56 Å². The Kier molecular flexibility index (Phi) is 5.49. The monoisotopic (exact) mass is 368 g/mol. The number of para-hydroxylation sites is 1. The lowest BCUT2D eigenvalue weighted by molar-refractivity contribution is -0.130. The molecule has 0 radical (unpaired) electrons. The maximum atomic E-state index is 12.9. The van der Waals surface area contributed by atoms with Crippen molar-refractivity contribution in [2.75, 3.05) is 0 Å². The number of carbonyl (C=O) groups is 1. The number of fused-ring (bicyclic) bond motifs is 1. The quantitative estimate of drug-likeness (QED) is 0.849. The summed E-state index contributed by atoms with van der Waals surface area (Å²) < 4.78 is 5.92. The second-order valence-corrected chi connectivity index (χ2v) is 7.27. The predicted molar refractivity (Wildman–Crippen MR) is 101 cm³/mol. The van der Waals surface area contributed by atoms with Gasteiger partial charge in [-0.15, -0.1) is 0 Å². The molecular formula is C21H21ClN2O2. The van der Waals surface area contributed by atoms with Gasteiger partial charge in [-0.3, -0.25) is 4.79 Å². The molecule has 134 valence electrons. The van der Waals surface area contributed by atoms with Gasteiger partial charge < -0.3 is 10.1 Å². The minimum absolute atomic E-state index is 0.0344. The van der Waals surface area contributed by atoms with E-state index >= 15 is 0 Å². The molecule has 0 spiro atoms. The zero-order chi connectivity index (χ0) is 18.7. The van der Waals surface area contributed by atoms with Gasteiger partial charge in [0.15, 0.2) is 6.10 Å². The van der Waals surface area contributed by atoms with Crippen LogP contribution in [0.2, 0.25) is 5.02 Å². The van der Waals surface area contributed by atoms with Gasteiger partial charge in [0.1, 0.15) is 11.8 Å². The second-order valence-electron chi connectivity index (χ2n) is 6.83. The Balaban J connectivity index is 1.76. The van der Waals surface area contributed by atoms with Crippen molar-refractivity contribution < 1.29 is 9.53 Å². The third-order valence-electron chi connectivity index (χ3n) is 4.62. The molecule has 0 aromatic heterocycles. The van der Waals surface area contributed by atoms with Crippen molar-refractivity contribution in [2.24, 2.45) is 5.92 Å². The van der Waals surface area contributed by atoms with E-state index in [0.29, 0.717) is 16.3 Å². The normalized spacial score (nSPS) is 16.7. The van der Waals surface area contributed by atoms with Gasteiger partial charge in [0.25, 0.3) is 5.91 Å². The molecule has 26 heavy (non-hydrogen) atoms. The zero-order valence-electron chi connectivity index (χ0n) is 14.8. The topological polar surface area (TPSA) is 62.1 Å². The smallest absolute Gasteiger partial charge is 0.261 e. The number of nitrogens with zero attached hydrogens (tertiary/aromatic N) is 1. The van der Waals surface area contributed by atoms with Crippen molar-refractivity contribution in [1.29, 1.82) is 5.26 Å². The fraction of sp³-hybridized carbons (Fsp3) is 0.333. The van der Waals surface area contributed by atoms with Crippen LogP contribution in [0.3, 0.4) is 0 Å². The summed E-state index contributed by atoms with van der Waals surface area (Å²) in [4.78, 5) is 12.9. The number of hydrogen-bond donors (Lipinski definition) is 1.